The Labute approximate surface area is 176 Å². The van der Waals surface area contributed by atoms with E-state index >= 15 is 0 Å². The molecule has 1 saturated heterocycles. The lowest BCUT2D eigenvalue weighted by Crippen LogP contribution is -2.39. The Morgan fingerprint density at radius 2 is 1.85 bits per heavy atom. The summed E-state index contributed by atoms with van der Waals surface area (Å²) >= 11 is 0. The van der Waals surface area contributed by atoms with Crippen molar-refractivity contribution in [2.45, 2.75) is 40.2 Å². The first-order valence-electron chi connectivity index (χ1n) is 9.74. The van der Waals surface area contributed by atoms with Crippen molar-refractivity contribution in [3.63, 3.8) is 0 Å². The number of halogens is 1. The molecule has 2 rings (SSSR count). The van der Waals surface area contributed by atoms with Crippen LogP contribution in [0, 0.1) is 0 Å². The number of ether oxygens (including phenoxy) is 1. The highest BCUT2D eigenvalue weighted by Gasteiger charge is 2.15. The molecule has 0 saturated carbocycles. The maximum atomic E-state index is 6.04. The van der Waals surface area contributed by atoms with Crippen molar-refractivity contribution in [3.8, 4) is 5.75 Å². The minimum Gasteiger partial charge on any atom is -0.492 e. The van der Waals surface area contributed by atoms with Gasteiger partial charge >= 0.3 is 0 Å². The van der Waals surface area contributed by atoms with E-state index in [2.05, 4.69) is 54.1 Å². The van der Waals surface area contributed by atoms with Crippen LogP contribution in [-0.4, -0.2) is 61.6 Å². The van der Waals surface area contributed by atoms with E-state index in [0.29, 0.717) is 13.2 Å². The van der Waals surface area contributed by atoms with Crippen LogP contribution >= 0.6 is 24.0 Å². The van der Waals surface area contributed by atoms with Crippen molar-refractivity contribution in [3.05, 3.63) is 29.8 Å². The summed E-state index contributed by atoms with van der Waals surface area (Å²) in [4.78, 5) is 9.57. The topological polar surface area (TPSA) is 40.1 Å². The second kappa shape index (κ2) is 13.2. The van der Waals surface area contributed by atoms with Gasteiger partial charge in [-0.15, -0.1) is 24.0 Å². The van der Waals surface area contributed by atoms with Gasteiger partial charge in [0, 0.05) is 31.7 Å². The van der Waals surface area contributed by atoms with Gasteiger partial charge in [0.25, 0.3) is 0 Å². The molecule has 0 aliphatic carbocycles. The molecule has 0 radical (unpaired) electrons. The summed E-state index contributed by atoms with van der Waals surface area (Å²) in [7, 11) is 0. The summed E-state index contributed by atoms with van der Waals surface area (Å²) < 4.78 is 6.04. The van der Waals surface area contributed by atoms with Gasteiger partial charge in [-0.3, -0.25) is 0 Å². The van der Waals surface area contributed by atoms with Crippen molar-refractivity contribution < 1.29 is 4.74 Å². The number of rotatable bonds is 9. The van der Waals surface area contributed by atoms with Gasteiger partial charge in [-0.25, -0.2) is 4.99 Å². The molecular formula is C20H35IN4O. The van der Waals surface area contributed by atoms with Crippen LogP contribution in [0.15, 0.2) is 29.3 Å². The fourth-order valence-electron chi connectivity index (χ4n) is 3.11. The lowest BCUT2D eigenvalue weighted by atomic mass is 10.2. The SMILES string of the molecule is CCNC(=NCc1ccccc1OCCN(CC)CC)N1CCCC1.I. The Bertz CT molecular complexity index is 528. The highest BCUT2D eigenvalue weighted by Crippen LogP contribution is 2.19. The largest absolute Gasteiger partial charge is 0.492 e. The van der Waals surface area contributed by atoms with Crippen LogP contribution in [0.25, 0.3) is 0 Å². The molecule has 26 heavy (non-hydrogen) atoms. The lowest BCUT2D eigenvalue weighted by molar-refractivity contribution is 0.221. The number of hydrogen-bond acceptors (Lipinski definition) is 3. The van der Waals surface area contributed by atoms with Crippen LogP contribution in [0.1, 0.15) is 39.2 Å². The number of aliphatic imine (C=N–C) groups is 1. The molecule has 1 aliphatic rings. The van der Waals surface area contributed by atoms with E-state index in [1.807, 2.05) is 6.07 Å². The van der Waals surface area contributed by atoms with E-state index in [9.17, 15) is 0 Å². The van der Waals surface area contributed by atoms with Gasteiger partial charge in [0.2, 0.25) is 0 Å². The quantitative estimate of drug-likeness (QED) is 0.338. The highest BCUT2D eigenvalue weighted by atomic mass is 127. The second-order valence-corrected chi connectivity index (χ2v) is 6.35. The molecule has 1 aliphatic heterocycles. The standard InChI is InChI=1S/C20H34N4O.HI/c1-4-21-20(24-13-9-10-14-24)22-17-18-11-7-8-12-19(18)25-16-15-23(5-2)6-3;/h7-8,11-12H,4-6,9-10,13-17H2,1-3H3,(H,21,22);1H. The minimum atomic E-state index is 0. The Morgan fingerprint density at radius 1 is 1.15 bits per heavy atom. The molecule has 0 atom stereocenters. The molecular weight excluding hydrogens is 439 g/mol. The first-order chi connectivity index (χ1) is 12.3. The van der Waals surface area contributed by atoms with Crippen LogP contribution in [-0.2, 0) is 6.54 Å². The predicted molar refractivity (Wildman–Crippen MR) is 121 cm³/mol. The van der Waals surface area contributed by atoms with E-state index in [1.54, 1.807) is 0 Å². The first kappa shape index (κ1) is 23.0. The second-order valence-electron chi connectivity index (χ2n) is 6.35. The van der Waals surface area contributed by atoms with Crippen molar-refractivity contribution >= 4 is 29.9 Å². The highest BCUT2D eigenvalue weighted by molar-refractivity contribution is 14.0. The number of likely N-dealkylation sites (tertiary alicyclic amines) is 1. The van der Waals surface area contributed by atoms with Crippen LogP contribution < -0.4 is 10.1 Å². The summed E-state index contributed by atoms with van der Waals surface area (Å²) in [5.41, 5.74) is 1.15. The third-order valence-corrected chi connectivity index (χ3v) is 4.67. The van der Waals surface area contributed by atoms with Gasteiger partial charge in [-0.05, 0) is 38.9 Å². The fraction of sp³-hybridized carbons (Fsp3) is 0.650. The molecule has 1 fully saturated rings. The Balaban J connectivity index is 0.00000338. The Kier molecular flexibility index (Phi) is 11.7. The number of likely N-dealkylation sites (N-methyl/N-ethyl adjacent to an activating group) is 1. The number of para-hydroxylation sites is 1. The van der Waals surface area contributed by atoms with Crippen LogP contribution in [0.3, 0.4) is 0 Å². The zero-order valence-electron chi connectivity index (χ0n) is 16.5. The molecule has 0 bridgehead atoms. The van der Waals surface area contributed by atoms with E-state index in [-0.39, 0.29) is 24.0 Å². The molecule has 1 aromatic carbocycles. The van der Waals surface area contributed by atoms with E-state index in [0.717, 1.165) is 56.5 Å². The van der Waals surface area contributed by atoms with E-state index in [1.165, 1.54) is 12.8 Å². The van der Waals surface area contributed by atoms with Gasteiger partial charge in [0.15, 0.2) is 5.96 Å². The molecule has 6 heteroatoms. The molecule has 0 spiro atoms. The summed E-state index contributed by atoms with van der Waals surface area (Å²) in [6, 6.07) is 8.26. The van der Waals surface area contributed by atoms with Gasteiger partial charge < -0.3 is 19.9 Å². The number of benzene rings is 1. The maximum Gasteiger partial charge on any atom is 0.194 e. The van der Waals surface area contributed by atoms with Crippen LogP contribution in [0.4, 0.5) is 0 Å². The minimum absolute atomic E-state index is 0. The summed E-state index contributed by atoms with van der Waals surface area (Å²) in [6.07, 6.45) is 2.52. The number of nitrogens with zero attached hydrogens (tertiary/aromatic N) is 3. The van der Waals surface area contributed by atoms with Crippen LogP contribution in [0.5, 0.6) is 5.75 Å². The Morgan fingerprint density at radius 3 is 2.50 bits per heavy atom. The number of guanidine groups is 1. The zero-order valence-corrected chi connectivity index (χ0v) is 18.9. The normalized spacial score (nSPS) is 14.5. The van der Waals surface area contributed by atoms with Crippen molar-refractivity contribution in [2.75, 3.05) is 45.9 Å². The maximum absolute atomic E-state index is 6.04. The van der Waals surface area contributed by atoms with Crippen LogP contribution in [0.2, 0.25) is 0 Å². The molecule has 0 unspecified atom stereocenters. The van der Waals surface area contributed by atoms with E-state index < -0.39 is 0 Å². The molecule has 0 aromatic heterocycles. The van der Waals surface area contributed by atoms with Crippen molar-refractivity contribution in [1.82, 2.24) is 15.1 Å². The lowest BCUT2D eigenvalue weighted by Gasteiger charge is -2.21. The van der Waals surface area contributed by atoms with Gasteiger partial charge in [-0.2, -0.15) is 0 Å². The van der Waals surface area contributed by atoms with Gasteiger partial charge in [-0.1, -0.05) is 32.0 Å². The zero-order chi connectivity index (χ0) is 17.9. The molecule has 1 aromatic rings. The monoisotopic (exact) mass is 474 g/mol. The van der Waals surface area contributed by atoms with Crippen molar-refractivity contribution in [2.24, 2.45) is 4.99 Å². The predicted octanol–water partition coefficient (Wildman–Crippen LogP) is 3.59. The summed E-state index contributed by atoms with van der Waals surface area (Å²) in [5.74, 6) is 1.98. The summed E-state index contributed by atoms with van der Waals surface area (Å²) in [6.45, 7) is 14.1. The van der Waals surface area contributed by atoms with Gasteiger partial charge in [0.1, 0.15) is 12.4 Å². The van der Waals surface area contributed by atoms with Gasteiger partial charge in [0.05, 0.1) is 6.54 Å². The van der Waals surface area contributed by atoms with E-state index in [4.69, 9.17) is 9.73 Å². The molecule has 0 amide bonds. The third-order valence-electron chi connectivity index (χ3n) is 4.67. The Hall–Kier alpha value is -1.02. The molecule has 1 heterocycles. The average molecular weight is 474 g/mol. The summed E-state index contributed by atoms with van der Waals surface area (Å²) in [5, 5.41) is 3.42. The third kappa shape index (κ3) is 7.31. The van der Waals surface area contributed by atoms with Crippen molar-refractivity contribution in [1.29, 1.82) is 0 Å². The molecule has 148 valence electrons. The number of hydrogen-bond donors (Lipinski definition) is 1. The number of nitrogens with one attached hydrogen (secondary N) is 1. The molecule has 1 N–H and O–H groups in total. The molecule has 5 nitrogen and oxygen atoms in total. The average Bonchev–Trinajstić information content (AvgIpc) is 3.18. The first-order valence-corrected chi connectivity index (χ1v) is 9.74. The smallest absolute Gasteiger partial charge is 0.194 e. The fourth-order valence-corrected chi connectivity index (χ4v) is 3.11.